The van der Waals surface area contributed by atoms with E-state index >= 15 is 0 Å². The summed E-state index contributed by atoms with van der Waals surface area (Å²) in [5, 5.41) is 17.4. The van der Waals surface area contributed by atoms with Crippen LogP contribution >= 0.6 is 23.4 Å². The highest BCUT2D eigenvalue weighted by Gasteiger charge is 2.17. The number of aliphatic carboxylic acids is 1. The number of methoxy groups -OCH3 is 3. The summed E-state index contributed by atoms with van der Waals surface area (Å²) in [6.07, 6.45) is 1.46. The minimum absolute atomic E-state index is 0.00201. The van der Waals surface area contributed by atoms with Gasteiger partial charge < -0.3 is 19.3 Å². The van der Waals surface area contributed by atoms with E-state index in [2.05, 4.69) is 15.2 Å². The average molecular weight is 448 g/mol. The Labute approximate surface area is 181 Å². The van der Waals surface area contributed by atoms with Gasteiger partial charge in [0.1, 0.15) is 10.7 Å². The number of halogens is 1. The second-order valence-electron chi connectivity index (χ2n) is 5.84. The van der Waals surface area contributed by atoms with E-state index in [4.69, 9.17) is 25.8 Å². The van der Waals surface area contributed by atoms with Gasteiger partial charge in [0.25, 0.3) is 0 Å². The van der Waals surface area contributed by atoms with Gasteiger partial charge >= 0.3 is 5.97 Å². The molecular weight excluding hydrogens is 430 g/mol. The number of H-pyrrole nitrogens is 1. The predicted molar refractivity (Wildman–Crippen MR) is 114 cm³/mol. The Morgan fingerprint density at radius 3 is 2.30 bits per heavy atom. The van der Waals surface area contributed by atoms with Crippen LogP contribution in [0, 0.1) is 0 Å². The molecule has 156 valence electrons. The molecule has 3 rings (SSSR count). The van der Waals surface area contributed by atoms with E-state index in [1.165, 1.54) is 27.4 Å². The summed E-state index contributed by atoms with van der Waals surface area (Å²) >= 11 is 6.81. The number of ether oxygens (including phenoxy) is 3. The fourth-order valence-electron chi connectivity index (χ4n) is 2.57. The summed E-state index contributed by atoms with van der Waals surface area (Å²) in [5.41, 5.74) is 1.29. The maximum Gasteiger partial charge on any atom is 0.342 e. The first-order chi connectivity index (χ1) is 14.4. The quantitative estimate of drug-likeness (QED) is 0.387. The van der Waals surface area contributed by atoms with Crippen LogP contribution in [0.1, 0.15) is 5.56 Å². The zero-order chi connectivity index (χ0) is 21.7. The molecule has 30 heavy (non-hydrogen) atoms. The number of carbonyl (C=O) groups is 1. The molecule has 0 amide bonds. The lowest BCUT2D eigenvalue weighted by atomic mass is 10.1. The van der Waals surface area contributed by atoms with Crippen molar-refractivity contribution in [3.05, 3.63) is 51.9 Å². The standard InChI is InChI=1S/C20H18ClN3O5S/c1-27-14-10-16(29-3)15(28-2)8-12(14)9-17(19(25)26)30-20-22-18(23-24-20)11-4-6-13(21)7-5-11/h4-10H,1-3H3,(H,25,26)(H,22,23,24)/b17-9-. The Morgan fingerprint density at radius 2 is 1.70 bits per heavy atom. The van der Waals surface area contributed by atoms with Crippen molar-refractivity contribution in [3.8, 4) is 28.6 Å². The predicted octanol–water partition coefficient (Wildman–Crippen LogP) is 4.37. The van der Waals surface area contributed by atoms with Crippen LogP contribution in [0.2, 0.25) is 5.02 Å². The van der Waals surface area contributed by atoms with Gasteiger partial charge in [0, 0.05) is 22.2 Å². The van der Waals surface area contributed by atoms with Crippen LogP contribution in [0.5, 0.6) is 17.2 Å². The molecule has 0 bridgehead atoms. The number of hydrogen-bond acceptors (Lipinski definition) is 7. The molecule has 0 saturated heterocycles. The molecule has 0 atom stereocenters. The first kappa shape index (κ1) is 21.5. The number of nitrogens with one attached hydrogen (secondary N) is 1. The van der Waals surface area contributed by atoms with Crippen molar-refractivity contribution in [3.63, 3.8) is 0 Å². The van der Waals surface area contributed by atoms with Gasteiger partial charge in [-0.2, -0.15) is 0 Å². The Morgan fingerprint density at radius 1 is 1.07 bits per heavy atom. The Balaban J connectivity index is 1.93. The molecule has 1 aromatic heterocycles. The molecule has 2 aromatic carbocycles. The van der Waals surface area contributed by atoms with Gasteiger partial charge in [0.2, 0.25) is 5.16 Å². The third kappa shape index (κ3) is 4.87. The van der Waals surface area contributed by atoms with E-state index in [0.29, 0.717) is 33.7 Å². The molecule has 0 fully saturated rings. The van der Waals surface area contributed by atoms with E-state index in [-0.39, 0.29) is 10.1 Å². The Bertz CT molecular complexity index is 1080. The molecule has 0 radical (unpaired) electrons. The third-order valence-corrected chi connectivity index (χ3v) is 5.15. The maximum atomic E-state index is 11.8. The summed E-state index contributed by atoms with van der Waals surface area (Å²) in [5.74, 6) is 0.723. The van der Waals surface area contributed by atoms with E-state index in [9.17, 15) is 9.90 Å². The van der Waals surface area contributed by atoms with Crippen molar-refractivity contribution in [2.45, 2.75) is 5.16 Å². The number of carboxylic acids is 1. The molecule has 2 N–H and O–H groups in total. The number of nitrogens with zero attached hydrogens (tertiary/aromatic N) is 2. The van der Waals surface area contributed by atoms with Gasteiger partial charge in [-0.3, -0.25) is 5.10 Å². The highest BCUT2D eigenvalue weighted by Crippen LogP contribution is 2.37. The fraction of sp³-hybridized carbons (Fsp3) is 0.150. The molecule has 0 spiro atoms. The minimum Gasteiger partial charge on any atom is -0.496 e. The number of rotatable bonds is 8. The molecule has 0 aliphatic carbocycles. The smallest absolute Gasteiger partial charge is 0.342 e. The number of hydrogen-bond donors (Lipinski definition) is 2. The SMILES string of the molecule is COc1cc(OC)c(OC)cc1/C=C(\Sc1n[nH]c(-c2ccc(Cl)cc2)n1)C(=O)O. The van der Waals surface area contributed by atoms with Crippen molar-refractivity contribution >= 4 is 35.4 Å². The van der Waals surface area contributed by atoms with Crippen LogP contribution in [-0.4, -0.2) is 47.6 Å². The zero-order valence-corrected chi connectivity index (χ0v) is 17.9. The highest BCUT2D eigenvalue weighted by molar-refractivity contribution is 8.04. The summed E-state index contributed by atoms with van der Waals surface area (Å²) < 4.78 is 15.9. The van der Waals surface area contributed by atoms with Crippen LogP contribution in [0.15, 0.2) is 46.5 Å². The normalized spacial score (nSPS) is 11.3. The van der Waals surface area contributed by atoms with Crippen LogP contribution in [-0.2, 0) is 4.79 Å². The van der Waals surface area contributed by atoms with Gasteiger partial charge in [-0.15, -0.1) is 5.10 Å². The van der Waals surface area contributed by atoms with Crippen molar-refractivity contribution in [1.82, 2.24) is 15.2 Å². The topological polar surface area (TPSA) is 107 Å². The second-order valence-corrected chi connectivity index (χ2v) is 7.28. The highest BCUT2D eigenvalue weighted by atomic mass is 35.5. The summed E-state index contributed by atoms with van der Waals surface area (Å²) in [4.78, 5) is 16.2. The fourth-order valence-corrected chi connectivity index (χ4v) is 3.39. The van der Waals surface area contributed by atoms with Gasteiger partial charge in [-0.25, -0.2) is 9.78 Å². The maximum absolute atomic E-state index is 11.8. The second kappa shape index (κ2) is 9.55. The number of benzene rings is 2. The lowest BCUT2D eigenvalue weighted by molar-refractivity contribution is -0.131. The van der Waals surface area contributed by atoms with Crippen LogP contribution in [0.4, 0.5) is 0 Å². The molecular formula is C20H18ClN3O5S. The van der Waals surface area contributed by atoms with Gasteiger partial charge in [0.15, 0.2) is 17.3 Å². The first-order valence-electron chi connectivity index (χ1n) is 8.56. The zero-order valence-electron chi connectivity index (χ0n) is 16.3. The monoisotopic (exact) mass is 447 g/mol. The van der Waals surface area contributed by atoms with Gasteiger partial charge in [-0.05, 0) is 48.2 Å². The van der Waals surface area contributed by atoms with Crippen molar-refractivity contribution in [1.29, 1.82) is 0 Å². The molecule has 10 heteroatoms. The molecule has 0 unspecified atom stereocenters. The van der Waals surface area contributed by atoms with E-state index in [1.807, 2.05) is 0 Å². The Kier molecular flexibility index (Phi) is 6.86. The molecule has 3 aromatic rings. The molecule has 0 aliphatic rings. The lowest BCUT2D eigenvalue weighted by Gasteiger charge is -2.12. The molecule has 8 nitrogen and oxygen atoms in total. The summed E-state index contributed by atoms with van der Waals surface area (Å²) in [6, 6.07) is 10.3. The van der Waals surface area contributed by atoms with Crippen LogP contribution in [0.25, 0.3) is 17.5 Å². The molecule has 0 saturated carbocycles. The summed E-state index contributed by atoms with van der Waals surface area (Å²) in [6.45, 7) is 0. The van der Waals surface area contributed by atoms with Crippen molar-refractivity contribution < 1.29 is 24.1 Å². The largest absolute Gasteiger partial charge is 0.496 e. The van der Waals surface area contributed by atoms with Crippen molar-refractivity contribution in [2.75, 3.05) is 21.3 Å². The number of aromatic amines is 1. The van der Waals surface area contributed by atoms with Crippen LogP contribution in [0.3, 0.4) is 0 Å². The van der Waals surface area contributed by atoms with E-state index in [1.54, 1.807) is 36.4 Å². The first-order valence-corrected chi connectivity index (χ1v) is 9.75. The lowest BCUT2D eigenvalue weighted by Crippen LogP contribution is -1.99. The number of aromatic nitrogens is 3. The van der Waals surface area contributed by atoms with Gasteiger partial charge in [0.05, 0.1) is 21.3 Å². The number of thioether (sulfide) groups is 1. The van der Waals surface area contributed by atoms with E-state index in [0.717, 1.165) is 17.3 Å². The van der Waals surface area contributed by atoms with E-state index < -0.39 is 5.97 Å². The minimum atomic E-state index is -1.13. The number of carboxylic acid groups (broad SMARTS) is 1. The van der Waals surface area contributed by atoms with Crippen LogP contribution < -0.4 is 14.2 Å². The van der Waals surface area contributed by atoms with Gasteiger partial charge in [-0.1, -0.05) is 11.6 Å². The third-order valence-electron chi connectivity index (χ3n) is 4.02. The molecule has 1 heterocycles. The Hall–Kier alpha value is -3.17. The average Bonchev–Trinajstić information content (AvgIpc) is 3.21. The summed E-state index contributed by atoms with van der Waals surface area (Å²) in [7, 11) is 4.49. The van der Waals surface area contributed by atoms with Crippen molar-refractivity contribution in [2.24, 2.45) is 0 Å². The molecule has 0 aliphatic heterocycles.